The van der Waals surface area contributed by atoms with Crippen molar-refractivity contribution < 1.29 is 9.90 Å². The van der Waals surface area contributed by atoms with Crippen molar-refractivity contribution in [3.05, 3.63) is 11.6 Å². The molecule has 23 heavy (non-hydrogen) atoms. The summed E-state index contributed by atoms with van der Waals surface area (Å²) in [5.74, 6) is 4.96. The minimum Gasteiger partial charge on any atom is -0.377 e. The van der Waals surface area contributed by atoms with Gasteiger partial charge >= 0.3 is 0 Å². The van der Waals surface area contributed by atoms with Gasteiger partial charge in [-0.05, 0) is 61.7 Å². The van der Waals surface area contributed by atoms with Crippen molar-refractivity contribution in [2.24, 2.45) is 28.6 Å². The number of fused-ring (bicyclic) bond motifs is 5. The van der Waals surface area contributed by atoms with E-state index in [-0.39, 0.29) is 10.8 Å². The molecule has 4 aliphatic rings. The summed E-state index contributed by atoms with van der Waals surface area (Å²) < 4.78 is 0. The Balaban J connectivity index is 1.71. The SMILES string of the molecule is C#C[C@]1(O)CC[C@H]2[C@@H]3CC=C4CC(=O)CC[C@]4(C)[C@H]3CC[C@@]21C. The number of rotatable bonds is 0. The number of Topliss-reactive ketones (excluding diaryl/α,β-unsaturated/α-hetero) is 1. The van der Waals surface area contributed by atoms with Crippen molar-refractivity contribution >= 4 is 5.78 Å². The molecule has 0 heterocycles. The first-order chi connectivity index (χ1) is 10.8. The predicted molar refractivity (Wildman–Crippen MR) is 90.5 cm³/mol. The Bertz CT molecular complexity index is 626. The van der Waals surface area contributed by atoms with E-state index >= 15 is 0 Å². The van der Waals surface area contributed by atoms with Gasteiger partial charge in [0, 0.05) is 18.3 Å². The summed E-state index contributed by atoms with van der Waals surface area (Å²) in [5.41, 5.74) is 0.559. The first-order valence-corrected chi connectivity index (χ1v) is 9.25. The predicted octanol–water partition coefficient (Wildman–Crippen LogP) is 3.88. The summed E-state index contributed by atoms with van der Waals surface area (Å²) >= 11 is 0. The molecule has 3 saturated carbocycles. The molecule has 0 saturated heterocycles. The first-order valence-electron chi connectivity index (χ1n) is 9.25. The van der Waals surface area contributed by atoms with Gasteiger partial charge in [0.15, 0.2) is 0 Å². The lowest BCUT2D eigenvalue weighted by Gasteiger charge is -2.57. The molecule has 6 atom stereocenters. The van der Waals surface area contributed by atoms with Crippen LogP contribution < -0.4 is 0 Å². The van der Waals surface area contributed by atoms with Crippen LogP contribution in [0.1, 0.15) is 65.2 Å². The maximum absolute atomic E-state index is 11.9. The normalized spacial score (nSPS) is 52.0. The van der Waals surface area contributed by atoms with E-state index in [0.29, 0.717) is 30.0 Å². The molecule has 0 aromatic carbocycles. The molecular formula is C21H28O2. The molecular weight excluding hydrogens is 284 g/mol. The molecule has 0 spiro atoms. The van der Waals surface area contributed by atoms with E-state index in [1.165, 1.54) is 5.57 Å². The first kappa shape index (κ1) is 15.5. The van der Waals surface area contributed by atoms with Gasteiger partial charge in [0.2, 0.25) is 0 Å². The molecule has 4 rings (SSSR count). The molecule has 3 fully saturated rings. The third-order valence-electron chi connectivity index (χ3n) is 8.33. The molecule has 0 amide bonds. The van der Waals surface area contributed by atoms with E-state index in [1.54, 1.807) is 0 Å². The van der Waals surface area contributed by atoms with E-state index in [1.807, 2.05) is 0 Å². The van der Waals surface area contributed by atoms with Gasteiger partial charge < -0.3 is 5.11 Å². The van der Waals surface area contributed by atoms with Gasteiger partial charge in [-0.2, -0.15) is 0 Å². The highest BCUT2D eigenvalue weighted by atomic mass is 16.3. The fourth-order valence-electron chi connectivity index (χ4n) is 6.73. The van der Waals surface area contributed by atoms with E-state index in [9.17, 15) is 9.90 Å². The highest BCUT2D eigenvalue weighted by Crippen LogP contribution is 2.66. The summed E-state index contributed by atoms with van der Waals surface area (Å²) in [4.78, 5) is 11.9. The van der Waals surface area contributed by atoms with Crippen LogP contribution in [0.25, 0.3) is 0 Å². The lowest BCUT2D eigenvalue weighted by Crippen LogP contribution is -2.54. The molecule has 1 N–H and O–H groups in total. The van der Waals surface area contributed by atoms with Crippen molar-refractivity contribution in [3.63, 3.8) is 0 Å². The van der Waals surface area contributed by atoms with Crippen LogP contribution in [0, 0.1) is 40.9 Å². The number of carbonyl (C=O) groups excluding carboxylic acids is 1. The molecule has 0 aromatic rings. The van der Waals surface area contributed by atoms with Crippen molar-refractivity contribution in [1.29, 1.82) is 0 Å². The molecule has 0 aliphatic heterocycles. The Morgan fingerprint density at radius 1 is 1.22 bits per heavy atom. The van der Waals surface area contributed by atoms with Crippen molar-refractivity contribution in [3.8, 4) is 12.3 Å². The zero-order valence-electron chi connectivity index (χ0n) is 14.4. The smallest absolute Gasteiger partial charge is 0.136 e. The second-order valence-corrected chi connectivity index (χ2v) is 8.97. The van der Waals surface area contributed by atoms with Gasteiger partial charge in [-0.25, -0.2) is 0 Å². The van der Waals surface area contributed by atoms with Crippen LogP contribution in [0.3, 0.4) is 0 Å². The maximum atomic E-state index is 11.9. The Labute approximate surface area is 139 Å². The fourth-order valence-corrected chi connectivity index (χ4v) is 6.73. The molecule has 2 heteroatoms. The number of carbonyl (C=O) groups is 1. The standard InChI is InChI=1S/C21H28O2/c1-4-21(23)12-9-18-16-6-5-14-13-15(22)7-10-19(14,2)17(16)8-11-20(18,21)3/h1,5,16-18,23H,6-13H2,2-3H3/t16-,17+,18+,19+,20+,21+/m1/s1. The van der Waals surface area contributed by atoms with Gasteiger partial charge in [-0.1, -0.05) is 31.4 Å². The van der Waals surface area contributed by atoms with Crippen LogP contribution in [0.15, 0.2) is 11.6 Å². The van der Waals surface area contributed by atoms with E-state index < -0.39 is 5.60 Å². The minimum absolute atomic E-state index is 0.130. The van der Waals surface area contributed by atoms with E-state index in [2.05, 4.69) is 25.8 Å². The number of allylic oxidation sites excluding steroid dienone is 2. The van der Waals surface area contributed by atoms with Gasteiger partial charge in [0.25, 0.3) is 0 Å². The van der Waals surface area contributed by atoms with Gasteiger partial charge in [-0.3, -0.25) is 4.79 Å². The highest BCUT2D eigenvalue weighted by molar-refractivity contribution is 5.82. The molecule has 0 unspecified atom stereocenters. The number of hydrogen-bond acceptors (Lipinski definition) is 2. The van der Waals surface area contributed by atoms with Crippen LogP contribution in [0.2, 0.25) is 0 Å². The van der Waals surface area contributed by atoms with E-state index in [0.717, 1.165) is 44.9 Å². The number of hydrogen-bond donors (Lipinski definition) is 1. The van der Waals surface area contributed by atoms with E-state index in [4.69, 9.17) is 6.42 Å². The van der Waals surface area contributed by atoms with Crippen LogP contribution in [0.4, 0.5) is 0 Å². The zero-order chi connectivity index (χ0) is 16.5. The zero-order valence-corrected chi connectivity index (χ0v) is 14.4. The second-order valence-electron chi connectivity index (χ2n) is 8.97. The largest absolute Gasteiger partial charge is 0.377 e. The number of aliphatic hydroxyl groups is 1. The molecule has 124 valence electrons. The topological polar surface area (TPSA) is 37.3 Å². The second kappa shape index (κ2) is 4.73. The van der Waals surface area contributed by atoms with Gasteiger partial charge in [0.05, 0.1) is 0 Å². The summed E-state index contributed by atoms with van der Waals surface area (Å²) in [7, 11) is 0. The van der Waals surface area contributed by atoms with Crippen molar-refractivity contribution in [1.82, 2.24) is 0 Å². The summed E-state index contributed by atoms with van der Waals surface area (Å²) in [6, 6.07) is 0. The summed E-state index contributed by atoms with van der Waals surface area (Å²) in [5, 5.41) is 11.0. The Morgan fingerprint density at radius 2 is 1.96 bits per heavy atom. The Morgan fingerprint density at radius 3 is 2.70 bits per heavy atom. The van der Waals surface area contributed by atoms with Crippen LogP contribution >= 0.6 is 0 Å². The third-order valence-corrected chi connectivity index (χ3v) is 8.33. The average Bonchev–Trinajstić information content (AvgIpc) is 2.80. The van der Waals surface area contributed by atoms with Gasteiger partial charge in [0.1, 0.15) is 11.4 Å². The molecule has 0 bridgehead atoms. The minimum atomic E-state index is -0.921. The molecule has 2 nitrogen and oxygen atoms in total. The molecule has 0 aromatic heterocycles. The lowest BCUT2D eigenvalue weighted by atomic mass is 9.47. The van der Waals surface area contributed by atoms with Crippen LogP contribution in [0.5, 0.6) is 0 Å². The summed E-state index contributed by atoms with van der Waals surface area (Å²) in [6.45, 7) is 4.62. The Hall–Kier alpha value is -1.07. The average molecular weight is 312 g/mol. The van der Waals surface area contributed by atoms with Crippen LogP contribution in [-0.4, -0.2) is 16.5 Å². The maximum Gasteiger partial charge on any atom is 0.136 e. The molecule has 4 aliphatic carbocycles. The monoisotopic (exact) mass is 312 g/mol. The highest BCUT2D eigenvalue weighted by Gasteiger charge is 2.63. The Kier molecular flexibility index (Phi) is 3.18. The van der Waals surface area contributed by atoms with Crippen LogP contribution in [-0.2, 0) is 4.79 Å². The number of ketones is 1. The fraction of sp³-hybridized carbons (Fsp3) is 0.762. The van der Waals surface area contributed by atoms with Crippen molar-refractivity contribution in [2.75, 3.05) is 0 Å². The third kappa shape index (κ3) is 1.84. The quantitative estimate of drug-likeness (QED) is 0.544. The van der Waals surface area contributed by atoms with Gasteiger partial charge in [-0.15, -0.1) is 6.42 Å². The summed E-state index contributed by atoms with van der Waals surface area (Å²) in [6.07, 6.45) is 15.6. The molecule has 0 radical (unpaired) electrons. The lowest BCUT2D eigenvalue weighted by molar-refractivity contribution is -0.123. The number of terminal acetylenes is 1. The van der Waals surface area contributed by atoms with Crippen molar-refractivity contribution in [2.45, 2.75) is 70.8 Å².